The summed E-state index contributed by atoms with van der Waals surface area (Å²) in [5, 5.41) is 20.9. The molecule has 7 nitrogen and oxygen atoms in total. The fourth-order valence-electron chi connectivity index (χ4n) is 2.22. The van der Waals surface area contributed by atoms with Gasteiger partial charge in [0.1, 0.15) is 5.54 Å². The highest BCUT2D eigenvalue weighted by atomic mass is 16.5. The number of urea groups is 1. The van der Waals surface area contributed by atoms with Gasteiger partial charge in [-0.2, -0.15) is 0 Å². The Labute approximate surface area is 118 Å². The van der Waals surface area contributed by atoms with Crippen molar-refractivity contribution in [2.24, 2.45) is 0 Å². The standard InChI is InChI=1S/C13H24N2O5/c1-10(2)15(6-3-7-16)12(19)14-13(11(17)18)4-8-20-9-5-13/h10,16H,3-9H2,1-2H3,(H,14,19)(H,17,18). The van der Waals surface area contributed by atoms with Crippen LogP contribution >= 0.6 is 0 Å². The smallest absolute Gasteiger partial charge is 0.329 e. The number of amides is 2. The van der Waals surface area contributed by atoms with E-state index in [0.717, 1.165) is 0 Å². The summed E-state index contributed by atoms with van der Waals surface area (Å²) in [6.45, 7) is 4.75. The van der Waals surface area contributed by atoms with Crippen LogP contribution in [0, 0.1) is 0 Å². The third kappa shape index (κ3) is 4.08. The van der Waals surface area contributed by atoms with Gasteiger partial charge in [-0.25, -0.2) is 9.59 Å². The average molecular weight is 288 g/mol. The van der Waals surface area contributed by atoms with E-state index in [4.69, 9.17) is 9.84 Å². The SMILES string of the molecule is CC(C)N(CCCO)C(=O)NC1(C(=O)O)CCOCC1. The first-order valence-electron chi connectivity index (χ1n) is 6.94. The van der Waals surface area contributed by atoms with E-state index >= 15 is 0 Å². The van der Waals surface area contributed by atoms with Crippen LogP contribution in [-0.4, -0.2) is 65.1 Å². The highest BCUT2D eigenvalue weighted by Crippen LogP contribution is 2.21. The van der Waals surface area contributed by atoms with Crippen LogP contribution in [0.5, 0.6) is 0 Å². The molecule has 0 radical (unpaired) electrons. The van der Waals surface area contributed by atoms with Crippen molar-refractivity contribution in [3.8, 4) is 0 Å². The molecule has 3 N–H and O–H groups in total. The van der Waals surface area contributed by atoms with Crippen molar-refractivity contribution >= 4 is 12.0 Å². The molecule has 1 saturated heterocycles. The Kier molecular flexibility index (Phi) is 6.22. The molecule has 1 heterocycles. The largest absolute Gasteiger partial charge is 0.480 e. The second-order valence-electron chi connectivity index (χ2n) is 5.29. The van der Waals surface area contributed by atoms with E-state index in [-0.39, 0.29) is 25.5 Å². The fourth-order valence-corrected chi connectivity index (χ4v) is 2.22. The highest BCUT2D eigenvalue weighted by molar-refractivity contribution is 5.86. The zero-order valence-corrected chi connectivity index (χ0v) is 12.1. The molecule has 0 aromatic carbocycles. The van der Waals surface area contributed by atoms with Gasteiger partial charge in [0.15, 0.2) is 0 Å². The van der Waals surface area contributed by atoms with Gasteiger partial charge in [-0.1, -0.05) is 0 Å². The lowest BCUT2D eigenvalue weighted by molar-refractivity contribution is -0.148. The first kappa shape index (κ1) is 16.7. The zero-order chi connectivity index (χ0) is 15.2. The maximum atomic E-state index is 12.3. The minimum absolute atomic E-state index is 0.00554. The maximum absolute atomic E-state index is 12.3. The van der Waals surface area contributed by atoms with Crippen molar-refractivity contribution in [2.75, 3.05) is 26.4 Å². The highest BCUT2D eigenvalue weighted by Gasteiger charge is 2.42. The summed E-state index contributed by atoms with van der Waals surface area (Å²) in [5.74, 6) is -1.03. The number of carbonyl (C=O) groups is 2. The van der Waals surface area contributed by atoms with Crippen LogP contribution in [0.2, 0.25) is 0 Å². The third-order valence-corrected chi connectivity index (χ3v) is 3.54. The Morgan fingerprint density at radius 3 is 2.40 bits per heavy atom. The van der Waals surface area contributed by atoms with Gasteiger partial charge in [0, 0.05) is 45.2 Å². The minimum atomic E-state index is -1.25. The summed E-state index contributed by atoms with van der Waals surface area (Å²) in [4.78, 5) is 25.3. The van der Waals surface area contributed by atoms with E-state index in [1.165, 1.54) is 4.90 Å². The van der Waals surface area contributed by atoms with E-state index in [1.807, 2.05) is 13.8 Å². The van der Waals surface area contributed by atoms with Crippen LogP contribution in [-0.2, 0) is 9.53 Å². The van der Waals surface area contributed by atoms with E-state index in [0.29, 0.717) is 26.2 Å². The number of rotatable bonds is 6. The molecule has 1 aliphatic rings. The Morgan fingerprint density at radius 2 is 1.95 bits per heavy atom. The van der Waals surface area contributed by atoms with Gasteiger partial charge in [-0.15, -0.1) is 0 Å². The van der Waals surface area contributed by atoms with Crippen LogP contribution in [0.25, 0.3) is 0 Å². The lowest BCUT2D eigenvalue weighted by Crippen LogP contribution is -2.61. The molecule has 0 bridgehead atoms. The number of hydrogen-bond acceptors (Lipinski definition) is 4. The molecule has 7 heteroatoms. The van der Waals surface area contributed by atoms with Gasteiger partial charge in [0.05, 0.1) is 0 Å². The van der Waals surface area contributed by atoms with Crippen LogP contribution in [0.15, 0.2) is 0 Å². The number of aliphatic hydroxyl groups excluding tert-OH is 1. The second-order valence-corrected chi connectivity index (χ2v) is 5.29. The Bertz CT molecular complexity index is 340. The van der Waals surface area contributed by atoms with Gasteiger partial charge in [-0.3, -0.25) is 0 Å². The van der Waals surface area contributed by atoms with E-state index < -0.39 is 17.5 Å². The van der Waals surface area contributed by atoms with Crippen molar-refractivity contribution < 1.29 is 24.5 Å². The molecule has 0 spiro atoms. The quantitative estimate of drug-likeness (QED) is 0.658. The van der Waals surface area contributed by atoms with Crippen molar-refractivity contribution in [3.63, 3.8) is 0 Å². The van der Waals surface area contributed by atoms with Gasteiger partial charge in [-0.05, 0) is 20.3 Å². The summed E-state index contributed by atoms with van der Waals surface area (Å²) in [7, 11) is 0. The normalized spacial score (nSPS) is 17.8. The monoisotopic (exact) mass is 288 g/mol. The number of ether oxygens (including phenoxy) is 1. The van der Waals surface area contributed by atoms with E-state index in [9.17, 15) is 14.7 Å². The molecule has 0 unspecified atom stereocenters. The molecular weight excluding hydrogens is 264 g/mol. The van der Waals surface area contributed by atoms with Crippen LogP contribution in [0.3, 0.4) is 0 Å². The van der Waals surface area contributed by atoms with Crippen molar-refractivity contribution in [2.45, 2.75) is 44.7 Å². The number of carboxylic acids is 1. The predicted molar refractivity (Wildman–Crippen MR) is 72.5 cm³/mol. The minimum Gasteiger partial charge on any atom is -0.480 e. The van der Waals surface area contributed by atoms with Gasteiger partial charge >= 0.3 is 12.0 Å². The summed E-state index contributed by atoms with van der Waals surface area (Å²) >= 11 is 0. The Balaban J connectivity index is 2.75. The van der Waals surface area contributed by atoms with E-state index in [1.54, 1.807) is 0 Å². The third-order valence-electron chi connectivity index (χ3n) is 3.54. The number of nitrogens with zero attached hydrogens (tertiary/aromatic N) is 1. The van der Waals surface area contributed by atoms with Gasteiger partial charge < -0.3 is 25.2 Å². The van der Waals surface area contributed by atoms with Crippen LogP contribution in [0.4, 0.5) is 4.79 Å². The molecule has 2 amide bonds. The van der Waals surface area contributed by atoms with Crippen LogP contribution in [0.1, 0.15) is 33.1 Å². The Hall–Kier alpha value is -1.34. The molecule has 20 heavy (non-hydrogen) atoms. The van der Waals surface area contributed by atoms with E-state index in [2.05, 4.69) is 5.32 Å². The first-order valence-corrected chi connectivity index (χ1v) is 6.94. The summed E-state index contributed by atoms with van der Waals surface area (Å²) < 4.78 is 5.17. The van der Waals surface area contributed by atoms with Crippen LogP contribution < -0.4 is 5.32 Å². The summed E-state index contributed by atoms with van der Waals surface area (Å²) in [6, 6.07) is -0.468. The number of aliphatic carboxylic acids is 1. The van der Waals surface area contributed by atoms with Gasteiger partial charge in [0.2, 0.25) is 0 Å². The fraction of sp³-hybridized carbons (Fsp3) is 0.846. The number of carboxylic acid groups (broad SMARTS) is 1. The van der Waals surface area contributed by atoms with Crippen molar-refractivity contribution in [1.82, 2.24) is 10.2 Å². The maximum Gasteiger partial charge on any atom is 0.329 e. The average Bonchev–Trinajstić information content (AvgIpc) is 2.39. The number of hydrogen-bond donors (Lipinski definition) is 3. The molecule has 0 atom stereocenters. The lowest BCUT2D eigenvalue weighted by Gasteiger charge is -2.37. The second kappa shape index (κ2) is 7.44. The molecule has 0 aliphatic carbocycles. The molecule has 0 saturated carbocycles. The van der Waals surface area contributed by atoms with Gasteiger partial charge in [0.25, 0.3) is 0 Å². The molecule has 0 aromatic rings. The molecule has 1 rings (SSSR count). The topological polar surface area (TPSA) is 99.1 Å². The molecule has 1 fully saturated rings. The first-order chi connectivity index (χ1) is 9.43. The summed E-state index contributed by atoms with van der Waals surface area (Å²) in [6.07, 6.45) is 0.995. The number of aliphatic hydroxyl groups is 1. The molecule has 116 valence electrons. The Morgan fingerprint density at radius 1 is 1.35 bits per heavy atom. The predicted octanol–water partition coefficient (Wildman–Crippen LogP) is 0.423. The molecule has 1 aliphatic heterocycles. The lowest BCUT2D eigenvalue weighted by atomic mass is 9.90. The zero-order valence-electron chi connectivity index (χ0n) is 12.1. The molecule has 0 aromatic heterocycles. The summed E-state index contributed by atoms with van der Waals surface area (Å²) in [5.41, 5.74) is -1.25. The number of carbonyl (C=O) groups excluding carboxylic acids is 1. The van der Waals surface area contributed by atoms with Crippen molar-refractivity contribution in [3.05, 3.63) is 0 Å². The number of nitrogens with one attached hydrogen (secondary N) is 1. The van der Waals surface area contributed by atoms with Crippen molar-refractivity contribution in [1.29, 1.82) is 0 Å². The molecular formula is C13H24N2O5.